The molecule has 0 spiro atoms. The van der Waals surface area contributed by atoms with Crippen molar-refractivity contribution < 1.29 is 0 Å². The maximum atomic E-state index is 5.83. The van der Waals surface area contributed by atoms with E-state index in [0.29, 0.717) is 5.02 Å². The average Bonchev–Trinajstić information content (AvgIpc) is 1.94. The number of hydrogen-bond donors (Lipinski definition) is 1. The van der Waals surface area contributed by atoms with E-state index < -0.39 is 0 Å². The van der Waals surface area contributed by atoms with Crippen LogP contribution in [0.5, 0.6) is 0 Å². The Balaban J connectivity index is 3.13. The van der Waals surface area contributed by atoms with Crippen LogP contribution in [0.3, 0.4) is 0 Å². The van der Waals surface area contributed by atoms with Crippen LogP contribution in [0, 0.1) is 0 Å². The summed E-state index contributed by atoms with van der Waals surface area (Å²) >= 11 is 9.07. The third kappa shape index (κ3) is 2.15. The summed E-state index contributed by atoms with van der Waals surface area (Å²) in [6, 6.07) is 1.77. The van der Waals surface area contributed by atoms with E-state index in [1.807, 2.05) is 13.0 Å². The van der Waals surface area contributed by atoms with Gasteiger partial charge >= 0.3 is 0 Å². The second-order valence-corrected chi connectivity index (χ2v) is 3.54. The number of halogens is 2. The van der Waals surface area contributed by atoms with Gasteiger partial charge in [-0.1, -0.05) is 11.6 Å². The molecule has 0 fully saturated rings. The summed E-state index contributed by atoms with van der Waals surface area (Å²) < 4.78 is 0.759. The summed E-state index contributed by atoms with van der Waals surface area (Å²) in [6.45, 7) is 1.88. The third-order valence-corrected chi connectivity index (χ3v) is 2.09. The standard InChI is InChI=1S/C7H8BrClN2/c1-4(10)5-2-7(8)11-3-6(5)9/h2-4H,10H2,1H3/t4-/m1/s1. The van der Waals surface area contributed by atoms with Crippen molar-refractivity contribution in [3.8, 4) is 0 Å². The molecule has 0 aliphatic heterocycles. The predicted octanol–water partition coefficient (Wildman–Crippen LogP) is 2.52. The Labute approximate surface area is 78.9 Å². The average molecular weight is 236 g/mol. The lowest BCUT2D eigenvalue weighted by Gasteiger charge is -2.06. The highest BCUT2D eigenvalue weighted by atomic mass is 79.9. The van der Waals surface area contributed by atoms with Gasteiger partial charge in [0.05, 0.1) is 5.02 Å². The van der Waals surface area contributed by atoms with Gasteiger partial charge in [0.2, 0.25) is 0 Å². The number of aromatic nitrogens is 1. The lowest BCUT2D eigenvalue weighted by molar-refractivity contribution is 0.814. The van der Waals surface area contributed by atoms with E-state index in [1.54, 1.807) is 6.20 Å². The molecule has 2 nitrogen and oxygen atoms in total. The van der Waals surface area contributed by atoms with Gasteiger partial charge in [0.25, 0.3) is 0 Å². The van der Waals surface area contributed by atoms with E-state index in [0.717, 1.165) is 10.2 Å². The Morgan fingerprint density at radius 1 is 1.73 bits per heavy atom. The highest BCUT2D eigenvalue weighted by Gasteiger charge is 2.05. The Morgan fingerprint density at radius 3 is 2.82 bits per heavy atom. The van der Waals surface area contributed by atoms with Crippen LogP contribution in [-0.2, 0) is 0 Å². The SMILES string of the molecule is C[C@@H](N)c1cc(Br)ncc1Cl. The number of nitrogens with two attached hydrogens (primary N) is 1. The van der Waals surface area contributed by atoms with Crippen LogP contribution in [0.4, 0.5) is 0 Å². The largest absolute Gasteiger partial charge is 0.324 e. The molecule has 1 heterocycles. The molecule has 1 aromatic rings. The molecule has 1 atom stereocenters. The van der Waals surface area contributed by atoms with E-state index in [4.69, 9.17) is 17.3 Å². The Hall–Kier alpha value is -0.120. The summed E-state index contributed by atoms with van der Waals surface area (Å²) in [4.78, 5) is 3.95. The molecule has 4 heteroatoms. The van der Waals surface area contributed by atoms with Crippen LogP contribution < -0.4 is 5.73 Å². The van der Waals surface area contributed by atoms with Crippen molar-refractivity contribution >= 4 is 27.5 Å². The van der Waals surface area contributed by atoms with E-state index >= 15 is 0 Å². The van der Waals surface area contributed by atoms with E-state index in [9.17, 15) is 0 Å². The molecule has 0 saturated heterocycles. The molecule has 0 aliphatic carbocycles. The first-order valence-electron chi connectivity index (χ1n) is 3.18. The summed E-state index contributed by atoms with van der Waals surface area (Å²) in [5.41, 5.74) is 6.56. The number of nitrogens with zero attached hydrogens (tertiary/aromatic N) is 1. The highest BCUT2D eigenvalue weighted by molar-refractivity contribution is 9.10. The summed E-state index contributed by atoms with van der Waals surface area (Å²) in [6.07, 6.45) is 1.59. The molecule has 0 aliphatic rings. The smallest absolute Gasteiger partial charge is 0.106 e. The van der Waals surface area contributed by atoms with Gasteiger partial charge in [-0.05, 0) is 34.5 Å². The van der Waals surface area contributed by atoms with Gasteiger partial charge < -0.3 is 5.73 Å². The summed E-state index contributed by atoms with van der Waals surface area (Å²) in [5.74, 6) is 0. The molecule has 0 radical (unpaired) electrons. The molecule has 1 rings (SSSR count). The zero-order valence-corrected chi connectivity index (χ0v) is 8.35. The van der Waals surface area contributed by atoms with E-state index in [-0.39, 0.29) is 6.04 Å². The summed E-state index contributed by atoms with van der Waals surface area (Å²) in [5, 5.41) is 0.614. The molecular formula is C7H8BrClN2. The molecule has 1 aromatic heterocycles. The van der Waals surface area contributed by atoms with Crippen molar-refractivity contribution in [2.45, 2.75) is 13.0 Å². The van der Waals surface area contributed by atoms with Crippen LogP contribution in [0.2, 0.25) is 5.02 Å². The monoisotopic (exact) mass is 234 g/mol. The molecule has 2 N–H and O–H groups in total. The number of hydrogen-bond acceptors (Lipinski definition) is 2. The van der Waals surface area contributed by atoms with Crippen LogP contribution in [0.25, 0.3) is 0 Å². The van der Waals surface area contributed by atoms with E-state index in [2.05, 4.69) is 20.9 Å². The van der Waals surface area contributed by atoms with Crippen LogP contribution in [-0.4, -0.2) is 4.98 Å². The Morgan fingerprint density at radius 2 is 2.36 bits per heavy atom. The minimum Gasteiger partial charge on any atom is -0.324 e. The molecule has 0 amide bonds. The first kappa shape index (κ1) is 8.97. The molecule has 0 bridgehead atoms. The molecule has 0 unspecified atom stereocenters. The zero-order chi connectivity index (χ0) is 8.43. The second-order valence-electron chi connectivity index (χ2n) is 2.32. The number of pyridine rings is 1. The third-order valence-electron chi connectivity index (χ3n) is 1.34. The Bertz CT molecular complexity index is 263. The summed E-state index contributed by atoms with van der Waals surface area (Å²) in [7, 11) is 0. The van der Waals surface area contributed by atoms with Crippen molar-refractivity contribution in [2.75, 3.05) is 0 Å². The lowest BCUT2D eigenvalue weighted by atomic mass is 10.1. The van der Waals surface area contributed by atoms with Gasteiger partial charge in [-0.2, -0.15) is 0 Å². The minimum atomic E-state index is -0.0539. The van der Waals surface area contributed by atoms with Gasteiger partial charge in [0.15, 0.2) is 0 Å². The van der Waals surface area contributed by atoms with Gasteiger partial charge in [-0.15, -0.1) is 0 Å². The molecular weight excluding hydrogens is 227 g/mol. The first-order chi connectivity index (χ1) is 5.11. The fourth-order valence-corrected chi connectivity index (χ4v) is 1.40. The van der Waals surface area contributed by atoms with Crippen molar-refractivity contribution in [3.63, 3.8) is 0 Å². The maximum Gasteiger partial charge on any atom is 0.106 e. The Kier molecular flexibility index (Phi) is 2.87. The molecule has 0 aromatic carbocycles. The minimum absolute atomic E-state index is 0.0539. The van der Waals surface area contributed by atoms with Gasteiger partial charge in [0, 0.05) is 12.2 Å². The van der Waals surface area contributed by atoms with Crippen molar-refractivity contribution in [1.29, 1.82) is 0 Å². The van der Waals surface area contributed by atoms with Gasteiger partial charge in [0.1, 0.15) is 4.60 Å². The maximum absolute atomic E-state index is 5.83. The van der Waals surface area contributed by atoms with Gasteiger partial charge in [-0.25, -0.2) is 4.98 Å². The zero-order valence-electron chi connectivity index (χ0n) is 6.01. The van der Waals surface area contributed by atoms with Crippen LogP contribution in [0.15, 0.2) is 16.9 Å². The lowest BCUT2D eigenvalue weighted by Crippen LogP contribution is -2.05. The predicted molar refractivity (Wildman–Crippen MR) is 49.5 cm³/mol. The van der Waals surface area contributed by atoms with Crippen LogP contribution >= 0.6 is 27.5 Å². The normalized spacial score (nSPS) is 13.1. The van der Waals surface area contributed by atoms with Crippen molar-refractivity contribution in [1.82, 2.24) is 4.98 Å². The topological polar surface area (TPSA) is 38.9 Å². The fraction of sp³-hybridized carbons (Fsp3) is 0.286. The molecule has 60 valence electrons. The van der Waals surface area contributed by atoms with Gasteiger partial charge in [-0.3, -0.25) is 0 Å². The fourth-order valence-electron chi connectivity index (χ4n) is 0.776. The van der Waals surface area contributed by atoms with E-state index in [1.165, 1.54) is 0 Å². The quantitative estimate of drug-likeness (QED) is 0.760. The molecule has 11 heavy (non-hydrogen) atoms. The first-order valence-corrected chi connectivity index (χ1v) is 4.35. The van der Waals surface area contributed by atoms with Crippen LogP contribution in [0.1, 0.15) is 18.5 Å². The van der Waals surface area contributed by atoms with Crippen molar-refractivity contribution in [2.24, 2.45) is 5.73 Å². The molecule has 0 saturated carbocycles. The number of rotatable bonds is 1. The second kappa shape index (κ2) is 3.52. The highest BCUT2D eigenvalue weighted by Crippen LogP contribution is 2.22. The van der Waals surface area contributed by atoms with Crippen molar-refractivity contribution in [3.05, 3.63) is 27.5 Å².